The van der Waals surface area contributed by atoms with Crippen molar-refractivity contribution in [2.24, 2.45) is 0 Å². The summed E-state index contributed by atoms with van der Waals surface area (Å²) >= 11 is 0. The molecule has 5 nitrogen and oxygen atoms in total. The summed E-state index contributed by atoms with van der Waals surface area (Å²) in [7, 11) is 0. The van der Waals surface area contributed by atoms with Gasteiger partial charge in [-0.3, -0.25) is 4.57 Å². The Morgan fingerprint density at radius 3 is 1.54 bits per heavy atom. The van der Waals surface area contributed by atoms with E-state index in [1.807, 2.05) is 36.4 Å². The summed E-state index contributed by atoms with van der Waals surface area (Å²) in [6.07, 6.45) is 0. The summed E-state index contributed by atoms with van der Waals surface area (Å²) < 4.78 is 4.65. The predicted octanol–water partition coefficient (Wildman–Crippen LogP) is 10.6. The van der Waals surface area contributed by atoms with Gasteiger partial charge in [0.1, 0.15) is 0 Å². The SMILES string of the molecule is c1ccc(-c2nc(-c3ccccc3)nc(-n3c4cc5ccccc5cc4c4ccc5c6ccccc6n(-c6ccccc6)c5c43)n2)cc1. The van der Waals surface area contributed by atoms with Crippen molar-refractivity contribution >= 4 is 54.4 Å². The standard InChI is InChI=1S/C43H27N5/c1-4-14-28(15-5-1)41-44-42(29-16-6-2-7-17-29)46-43(45-41)48-38-27-31-19-11-10-18-30(31)26-36(38)35-25-24-34-33-22-12-13-23-37(33)47(39(34)40(35)48)32-20-8-3-9-21-32/h1-27H. The van der Waals surface area contributed by atoms with Crippen LogP contribution in [0.4, 0.5) is 0 Å². The zero-order chi connectivity index (χ0) is 31.6. The summed E-state index contributed by atoms with van der Waals surface area (Å²) in [4.78, 5) is 15.5. The van der Waals surface area contributed by atoms with Gasteiger partial charge in [-0.25, -0.2) is 4.98 Å². The lowest BCUT2D eigenvalue weighted by molar-refractivity contribution is 0.954. The van der Waals surface area contributed by atoms with Crippen LogP contribution < -0.4 is 0 Å². The third-order valence-electron chi connectivity index (χ3n) is 9.33. The second-order valence-corrected chi connectivity index (χ2v) is 12.1. The zero-order valence-electron chi connectivity index (χ0n) is 25.8. The van der Waals surface area contributed by atoms with Gasteiger partial charge in [-0.1, -0.05) is 133 Å². The van der Waals surface area contributed by atoms with Gasteiger partial charge in [0.25, 0.3) is 0 Å². The van der Waals surface area contributed by atoms with Crippen molar-refractivity contribution in [3.05, 3.63) is 164 Å². The fraction of sp³-hybridized carbons (Fsp3) is 0. The topological polar surface area (TPSA) is 48.5 Å². The average Bonchev–Trinajstić information content (AvgIpc) is 3.67. The van der Waals surface area contributed by atoms with Crippen molar-refractivity contribution < 1.29 is 0 Å². The van der Waals surface area contributed by atoms with Gasteiger partial charge in [0.15, 0.2) is 11.6 Å². The molecule has 3 heterocycles. The minimum absolute atomic E-state index is 0.579. The fourth-order valence-corrected chi connectivity index (χ4v) is 7.18. The fourth-order valence-electron chi connectivity index (χ4n) is 7.18. The van der Waals surface area contributed by atoms with Gasteiger partial charge in [0.2, 0.25) is 5.95 Å². The second-order valence-electron chi connectivity index (χ2n) is 12.1. The zero-order valence-corrected chi connectivity index (χ0v) is 25.8. The molecule has 224 valence electrons. The number of hydrogen-bond acceptors (Lipinski definition) is 3. The van der Waals surface area contributed by atoms with Gasteiger partial charge in [-0.15, -0.1) is 0 Å². The maximum Gasteiger partial charge on any atom is 0.238 e. The van der Waals surface area contributed by atoms with Crippen LogP contribution in [0.2, 0.25) is 0 Å². The molecule has 0 N–H and O–H groups in total. The number of para-hydroxylation sites is 2. The first-order valence-electron chi connectivity index (χ1n) is 16.1. The Kier molecular flexibility index (Phi) is 5.81. The maximum absolute atomic E-state index is 5.25. The molecular weight excluding hydrogens is 587 g/mol. The van der Waals surface area contributed by atoms with Gasteiger partial charge < -0.3 is 4.57 Å². The highest BCUT2D eigenvalue weighted by Crippen LogP contribution is 2.42. The van der Waals surface area contributed by atoms with Crippen molar-refractivity contribution in [3.63, 3.8) is 0 Å². The van der Waals surface area contributed by atoms with E-state index < -0.39 is 0 Å². The number of hydrogen-bond donors (Lipinski definition) is 0. The van der Waals surface area contributed by atoms with Crippen molar-refractivity contribution in [2.45, 2.75) is 0 Å². The monoisotopic (exact) mass is 613 g/mol. The summed E-state index contributed by atoms with van der Waals surface area (Å²) in [5.41, 5.74) is 7.35. The lowest BCUT2D eigenvalue weighted by Crippen LogP contribution is -2.07. The molecule has 0 aliphatic carbocycles. The molecule has 10 aromatic rings. The number of aromatic nitrogens is 5. The largest absolute Gasteiger partial charge is 0.307 e. The van der Waals surface area contributed by atoms with Crippen LogP contribution in [0.1, 0.15) is 0 Å². The van der Waals surface area contributed by atoms with Crippen LogP contribution in [-0.2, 0) is 0 Å². The quantitative estimate of drug-likeness (QED) is 0.198. The molecule has 0 spiro atoms. The number of benzene rings is 7. The van der Waals surface area contributed by atoms with E-state index in [2.05, 4.69) is 137 Å². The number of nitrogens with zero attached hydrogens (tertiary/aromatic N) is 5. The molecule has 0 aliphatic rings. The van der Waals surface area contributed by atoms with E-state index in [9.17, 15) is 0 Å². The lowest BCUT2D eigenvalue weighted by atomic mass is 10.1. The van der Waals surface area contributed by atoms with Crippen LogP contribution in [0.5, 0.6) is 0 Å². The molecule has 10 rings (SSSR count). The van der Waals surface area contributed by atoms with Crippen molar-refractivity contribution in [1.82, 2.24) is 24.1 Å². The second kappa shape index (κ2) is 10.5. The molecule has 0 saturated heterocycles. The summed E-state index contributed by atoms with van der Waals surface area (Å²) in [6, 6.07) is 57.3. The van der Waals surface area contributed by atoms with E-state index in [1.165, 1.54) is 16.2 Å². The Hall–Kier alpha value is -6.59. The van der Waals surface area contributed by atoms with Crippen LogP contribution in [-0.4, -0.2) is 24.1 Å². The van der Waals surface area contributed by atoms with E-state index in [-0.39, 0.29) is 0 Å². The Morgan fingerprint density at radius 1 is 0.354 bits per heavy atom. The highest BCUT2D eigenvalue weighted by Gasteiger charge is 2.23. The Bertz CT molecular complexity index is 2760. The molecule has 48 heavy (non-hydrogen) atoms. The van der Waals surface area contributed by atoms with Crippen molar-refractivity contribution in [1.29, 1.82) is 0 Å². The third kappa shape index (κ3) is 4.01. The first kappa shape index (κ1) is 26.6. The Labute approximate surface area is 276 Å². The molecule has 0 radical (unpaired) electrons. The van der Waals surface area contributed by atoms with E-state index in [0.29, 0.717) is 17.6 Å². The molecule has 7 aromatic carbocycles. The summed E-state index contributed by atoms with van der Waals surface area (Å²) in [5.74, 6) is 1.84. The van der Waals surface area contributed by atoms with Crippen LogP contribution in [0.15, 0.2) is 164 Å². The van der Waals surface area contributed by atoms with Crippen LogP contribution >= 0.6 is 0 Å². The molecule has 0 fully saturated rings. The molecule has 0 saturated carbocycles. The third-order valence-corrected chi connectivity index (χ3v) is 9.33. The first-order chi connectivity index (χ1) is 23.8. The molecule has 3 aromatic heterocycles. The minimum Gasteiger partial charge on any atom is -0.307 e. The lowest BCUT2D eigenvalue weighted by Gasteiger charge is -2.13. The van der Waals surface area contributed by atoms with E-state index in [4.69, 9.17) is 15.0 Å². The van der Waals surface area contributed by atoms with Crippen molar-refractivity contribution in [3.8, 4) is 34.4 Å². The summed E-state index contributed by atoms with van der Waals surface area (Å²) in [5, 5.41) is 7.03. The minimum atomic E-state index is 0.579. The Morgan fingerprint density at radius 2 is 0.875 bits per heavy atom. The van der Waals surface area contributed by atoms with E-state index in [1.54, 1.807) is 0 Å². The first-order valence-corrected chi connectivity index (χ1v) is 16.1. The molecule has 5 heteroatoms. The molecule has 0 unspecified atom stereocenters. The van der Waals surface area contributed by atoms with Gasteiger partial charge in [-0.2, -0.15) is 9.97 Å². The van der Waals surface area contributed by atoms with Gasteiger partial charge >= 0.3 is 0 Å². The van der Waals surface area contributed by atoms with Gasteiger partial charge in [-0.05, 0) is 41.1 Å². The van der Waals surface area contributed by atoms with Gasteiger partial charge in [0.05, 0.1) is 22.1 Å². The molecule has 0 aliphatic heterocycles. The molecule has 0 bridgehead atoms. The van der Waals surface area contributed by atoms with Gasteiger partial charge in [0, 0.05) is 38.4 Å². The van der Waals surface area contributed by atoms with Crippen LogP contribution in [0, 0.1) is 0 Å². The maximum atomic E-state index is 5.25. The smallest absolute Gasteiger partial charge is 0.238 e. The highest BCUT2D eigenvalue weighted by atomic mass is 15.2. The predicted molar refractivity (Wildman–Crippen MR) is 197 cm³/mol. The van der Waals surface area contributed by atoms with E-state index >= 15 is 0 Å². The highest BCUT2D eigenvalue weighted by molar-refractivity contribution is 6.24. The summed E-state index contributed by atoms with van der Waals surface area (Å²) in [6.45, 7) is 0. The normalized spacial score (nSPS) is 11.8. The van der Waals surface area contributed by atoms with E-state index in [0.717, 1.165) is 55.0 Å². The Balaban J connectivity index is 1.43. The van der Waals surface area contributed by atoms with Crippen molar-refractivity contribution in [2.75, 3.05) is 0 Å². The molecular formula is C43H27N5. The number of rotatable bonds is 4. The van der Waals surface area contributed by atoms with Crippen LogP contribution in [0.25, 0.3) is 88.8 Å². The molecule has 0 amide bonds. The number of fused-ring (bicyclic) bond motifs is 8. The average molecular weight is 614 g/mol. The molecule has 0 atom stereocenters. The van der Waals surface area contributed by atoms with Crippen LogP contribution in [0.3, 0.4) is 0 Å².